The number of anilines is 1. The van der Waals surface area contributed by atoms with E-state index in [0.717, 1.165) is 24.7 Å². The molecule has 2 rings (SSSR count). The molecule has 0 saturated heterocycles. The molecule has 110 valence electrons. The molecule has 0 bridgehead atoms. The summed E-state index contributed by atoms with van der Waals surface area (Å²) in [5, 5.41) is 3.81. The summed E-state index contributed by atoms with van der Waals surface area (Å²) in [6.45, 7) is 0. The largest absolute Gasteiger partial charge is 0.277 e. The molecule has 7 heteroatoms. The highest BCUT2D eigenvalue weighted by Gasteiger charge is 2.20. The predicted octanol–water partition coefficient (Wildman–Crippen LogP) is 6.92. The summed E-state index contributed by atoms with van der Waals surface area (Å²) in [6, 6.07) is 13.3. The summed E-state index contributed by atoms with van der Waals surface area (Å²) in [7, 11) is 0. The topological polar surface area (TPSA) is 24.4 Å². The van der Waals surface area contributed by atoms with E-state index >= 15 is 0 Å². The molecule has 0 amide bonds. The number of nitrogens with zero attached hydrogens (tertiary/aromatic N) is 1. The Hall–Kier alpha value is -0.0700. The van der Waals surface area contributed by atoms with Crippen molar-refractivity contribution in [1.82, 2.24) is 0 Å². The maximum atomic E-state index is 6.41. The number of para-hydroxylation sites is 1. The Morgan fingerprint density at radius 1 is 1.05 bits per heavy atom. The van der Waals surface area contributed by atoms with Crippen LogP contribution in [0.3, 0.4) is 0 Å². The molecular formula is C14H9Br3Cl2N2. The number of halogens is 5. The number of rotatable bonds is 4. The molecule has 0 aliphatic heterocycles. The highest BCUT2D eigenvalue weighted by Crippen LogP contribution is 2.38. The third kappa shape index (κ3) is 4.70. The van der Waals surface area contributed by atoms with Crippen molar-refractivity contribution < 1.29 is 0 Å². The highest BCUT2D eigenvalue weighted by molar-refractivity contribution is 9.11. The molecular weight excluding hydrogens is 507 g/mol. The molecule has 2 nitrogen and oxygen atoms in total. The van der Waals surface area contributed by atoms with E-state index in [1.165, 1.54) is 0 Å². The molecule has 0 spiro atoms. The van der Waals surface area contributed by atoms with Gasteiger partial charge in [-0.15, -0.1) is 11.6 Å². The van der Waals surface area contributed by atoms with Crippen LogP contribution in [0.2, 0.25) is 0 Å². The fraction of sp³-hybridized carbons (Fsp3) is 0.0714. The van der Waals surface area contributed by atoms with Gasteiger partial charge in [-0.2, -0.15) is 5.10 Å². The number of benzene rings is 2. The van der Waals surface area contributed by atoms with Crippen molar-refractivity contribution >= 4 is 81.8 Å². The minimum Gasteiger partial charge on any atom is -0.277 e. The lowest BCUT2D eigenvalue weighted by atomic mass is 10.1. The normalized spacial score (nSPS) is 13.1. The lowest BCUT2D eigenvalue weighted by molar-refractivity contribution is 1.21. The van der Waals surface area contributed by atoms with Crippen LogP contribution in [-0.2, 0) is 0 Å². The van der Waals surface area contributed by atoms with Gasteiger partial charge in [0.15, 0.2) is 0 Å². The maximum Gasteiger partial charge on any atom is 0.148 e. The Kier molecular flexibility index (Phi) is 6.56. The summed E-state index contributed by atoms with van der Waals surface area (Å²) in [6.07, 6.45) is 0. The van der Waals surface area contributed by atoms with E-state index in [9.17, 15) is 0 Å². The van der Waals surface area contributed by atoms with Gasteiger partial charge in [0.05, 0.1) is 5.69 Å². The third-order valence-corrected chi connectivity index (χ3v) is 5.18. The van der Waals surface area contributed by atoms with Crippen LogP contribution in [0, 0.1) is 0 Å². The second-order valence-corrected chi connectivity index (χ2v) is 7.51. The van der Waals surface area contributed by atoms with Crippen LogP contribution in [-0.4, -0.2) is 5.17 Å². The van der Waals surface area contributed by atoms with E-state index in [1.807, 2.05) is 42.5 Å². The lowest BCUT2D eigenvalue weighted by Gasteiger charge is -2.13. The van der Waals surface area contributed by atoms with Crippen LogP contribution in [0.5, 0.6) is 0 Å². The molecule has 0 saturated carbocycles. The van der Waals surface area contributed by atoms with Crippen LogP contribution in [0.4, 0.5) is 5.69 Å². The maximum absolute atomic E-state index is 6.41. The average Bonchev–Trinajstić information content (AvgIpc) is 2.44. The van der Waals surface area contributed by atoms with Crippen LogP contribution < -0.4 is 5.43 Å². The van der Waals surface area contributed by atoms with Gasteiger partial charge in [-0.25, -0.2) is 0 Å². The molecule has 1 atom stereocenters. The van der Waals surface area contributed by atoms with Gasteiger partial charge >= 0.3 is 0 Å². The van der Waals surface area contributed by atoms with Crippen molar-refractivity contribution in [2.45, 2.75) is 5.38 Å². The van der Waals surface area contributed by atoms with E-state index in [4.69, 9.17) is 23.2 Å². The third-order valence-electron chi connectivity index (χ3n) is 2.57. The first-order valence-electron chi connectivity index (χ1n) is 5.81. The van der Waals surface area contributed by atoms with Gasteiger partial charge in [0.25, 0.3) is 0 Å². The Labute approximate surface area is 158 Å². The van der Waals surface area contributed by atoms with Crippen molar-refractivity contribution in [2.24, 2.45) is 5.10 Å². The average molecular weight is 516 g/mol. The second kappa shape index (κ2) is 7.97. The first-order chi connectivity index (χ1) is 9.99. The molecule has 0 heterocycles. The van der Waals surface area contributed by atoms with Crippen molar-refractivity contribution in [3.05, 3.63) is 61.4 Å². The molecule has 0 aliphatic carbocycles. The smallest absolute Gasteiger partial charge is 0.148 e. The van der Waals surface area contributed by atoms with Gasteiger partial charge in [0, 0.05) is 19.0 Å². The fourth-order valence-electron chi connectivity index (χ4n) is 1.60. The zero-order chi connectivity index (χ0) is 15.4. The molecule has 0 aliphatic rings. The number of hydrazone groups is 1. The zero-order valence-corrected chi connectivity index (χ0v) is 16.7. The summed E-state index contributed by atoms with van der Waals surface area (Å²) < 4.78 is 2.62. The molecule has 0 radical (unpaired) electrons. The first-order valence-corrected chi connectivity index (χ1v) is 9.01. The van der Waals surface area contributed by atoms with E-state index in [1.54, 1.807) is 0 Å². The van der Waals surface area contributed by atoms with Gasteiger partial charge in [-0.3, -0.25) is 5.43 Å². The first kappa shape index (κ1) is 17.3. The van der Waals surface area contributed by atoms with Gasteiger partial charge in [-0.1, -0.05) is 77.6 Å². The SMILES string of the molecule is Cl/C(=N\Nc1ccccc1)C(Cl)c1c(Br)cc(Br)cc1Br. The van der Waals surface area contributed by atoms with Crippen LogP contribution in [0.25, 0.3) is 0 Å². The van der Waals surface area contributed by atoms with Crippen molar-refractivity contribution in [1.29, 1.82) is 0 Å². The minimum absolute atomic E-state index is 0.254. The quantitative estimate of drug-likeness (QED) is 0.267. The van der Waals surface area contributed by atoms with Crippen LogP contribution >= 0.6 is 71.0 Å². The summed E-state index contributed by atoms with van der Waals surface area (Å²) in [5.41, 5.74) is 4.54. The van der Waals surface area contributed by atoms with Gasteiger partial charge in [-0.05, 0) is 24.3 Å². The summed E-state index contributed by atoms with van der Waals surface area (Å²) in [4.78, 5) is 0. The molecule has 2 aromatic carbocycles. The van der Waals surface area contributed by atoms with E-state index in [0.29, 0.717) is 0 Å². The van der Waals surface area contributed by atoms with Crippen LogP contribution in [0.1, 0.15) is 10.9 Å². The molecule has 1 unspecified atom stereocenters. The van der Waals surface area contributed by atoms with Crippen LogP contribution in [0.15, 0.2) is 61.0 Å². The van der Waals surface area contributed by atoms with Crippen molar-refractivity contribution in [3.63, 3.8) is 0 Å². The monoisotopic (exact) mass is 512 g/mol. The number of alkyl halides is 1. The summed E-state index contributed by atoms with van der Waals surface area (Å²) in [5.74, 6) is 0. The van der Waals surface area contributed by atoms with E-state index < -0.39 is 5.38 Å². The molecule has 1 N–H and O–H groups in total. The standard InChI is InChI=1S/C14H9Br3Cl2N2/c15-8-6-10(16)12(11(17)7-8)13(18)14(19)21-20-9-4-2-1-3-5-9/h1-7,13,20H/b21-14-. The van der Waals surface area contributed by atoms with Crippen molar-refractivity contribution in [2.75, 3.05) is 5.43 Å². The highest BCUT2D eigenvalue weighted by atomic mass is 79.9. The second-order valence-electron chi connectivity index (χ2n) is 4.06. The lowest BCUT2D eigenvalue weighted by Crippen LogP contribution is -2.05. The predicted molar refractivity (Wildman–Crippen MR) is 101 cm³/mol. The molecule has 0 aromatic heterocycles. The number of hydrogen-bond donors (Lipinski definition) is 1. The van der Waals surface area contributed by atoms with Gasteiger partial charge in [0.2, 0.25) is 0 Å². The molecule has 2 aromatic rings. The Balaban J connectivity index is 2.21. The summed E-state index contributed by atoms with van der Waals surface area (Å²) >= 11 is 23.0. The van der Waals surface area contributed by atoms with Gasteiger partial charge in [0.1, 0.15) is 10.5 Å². The van der Waals surface area contributed by atoms with Crippen molar-refractivity contribution in [3.8, 4) is 0 Å². The Bertz CT molecular complexity index is 640. The molecule has 21 heavy (non-hydrogen) atoms. The van der Waals surface area contributed by atoms with Gasteiger partial charge < -0.3 is 0 Å². The number of hydrogen-bond acceptors (Lipinski definition) is 2. The van der Waals surface area contributed by atoms with E-state index in [2.05, 4.69) is 58.3 Å². The Morgan fingerprint density at radius 3 is 2.19 bits per heavy atom. The molecule has 0 fully saturated rings. The number of nitrogens with one attached hydrogen (secondary N) is 1. The zero-order valence-electron chi connectivity index (χ0n) is 10.5. The fourth-order valence-corrected chi connectivity index (χ4v) is 5.02. The van der Waals surface area contributed by atoms with E-state index in [-0.39, 0.29) is 5.17 Å². The minimum atomic E-state index is -0.570. The Morgan fingerprint density at radius 2 is 1.62 bits per heavy atom.